The van der Waals surface area contributed by atoms with E-state index in [-0.39, 0.29) is 16.7 Å². The van der Waals surface area contributed by atoms with Crippen molar-refractivity contribution in [2.45, 2.75) is 13.0 Å². The second-order valence-electron chi connectivity index (χ2n) is 5.41. The molecular formula is C17H15ClFNO3. The highest BCUT2D eigenvalue weighted by Crippen LogP contribution is 2.32. The second kappa shape index (κ2) is 6.08. The molecule has 3 rings (SSSR count). The monoisotopic (exact) mass is 335 g/mol. The van der Waals surface area contributed by atoms with E-state index < -0.39 is 5.82 Å². The number of halogens is 2. The van der Waals surface area contributed by atoms with Crippen molar-refractivity contribution in [3.8, 4) is 11.5 Å². The number of hydrogen-bond acceptors (Lipinski definition) is 3. The van der Waals surface area contributed by atoms with Gasteiger partial charge in [-0.05, 0) is 35.7 Å². The number of phenolic OH excluding ortho intramolecular Hbond substituents is 1. The summed E-state index contributed by atoms with van der Waals surface area (Å²) in [5.74, 6) is -0.318. The van der Waals surface area contributed by atoms with Crippen molar-refractivity contribution >= 4 is 17.5 Å². The fourth-order valence-corrected chi connectivity index (χ4v) is 2.95. The van der Waals surface area contributed by atoms with Crippen molar-refractivity contribution in [2.75, 3.05) is 13.7 Å². The lowest BCUT2D eigenvalue weighted by Crippen LogP contribution is -2.37. The molecule has 0 aromatic heterocycles. The van der Waals surface area contributed by atoms with Crippen LogP contribution in [0.2, 0.25) is 5.02 Å². The highest BCUT2D eigenvalue weighted by molar-refractivity contribution is 6.30. The third-order valence-electron chi connectivity index (χ3n) is 3.92. The van der Waals surface area contributed by atoms with Crippen LogP contribution in [0.1, 0.15) is 21.5 Å². The molecule has 0 aliphatic carbocycles. The zero-order valence-electron chi connectivity index (χ0n) is 12.5. The molecule has 0 saturated heterocycles. The number of nitrogens with zero attached hydrogens (tertiary/aromatic N) is 1. The van der Waals surface area contributed by atoms with Gasteiger partial charge in [0.1, 0.15) is 17.3 Å². The van der Waals surface area contributed by atoms with Crippen molar-refractivity contribution in [2.24, 2.45) is 0 Å². The first-order valence-electron chi connectivity index (χ1n) is 7.12. The second-order valence-corrected chi connectivity index (χ2v) is 5.81. The number of amides is 1. The molecule has 120 valence electrons. The van der Waals surface area contributed by atoms with Crippen LogP contribution in [0, 0.1) is 5.82 Å². The van der Waals surface area contributed by atoms with Crippen LogP contribution < -0.4 is 4.74 Å². The molecule has 2 aromatic rings. The van der Waals surface area contributed by atoms with Crippen LogP contribution in [-0.4, -0.2) is 29.6 Å². The van der Waals surface area contributed by atoms with E-state index in [0.29, 0.717) is 30.8 Å². The number of benzene rings is 2. The number of carbonyl (C=O) groups is 1. The number of ether oxygens (including phenoxy) is 1. The van der Waals surface area contributed by atoms with E-state index in [2.05, 4.69) is 0 Å². The lowest BCUT2D eigenvalue weighted by molar-refractivity contribution is 0.0723. The zero-order valence-corrected chi connectivity index (χ0v) is 13.2. The summed E-state index contributed by atoms with van der Waals surface area (Å²) >= 11 is 5.78. The topological polar surface area (TPSA) is 49.8 Å². The standard InChI is InChI=1S/C17H15ClFNO3/c1-23-12-7-11-4-5-20(17(22)16(11)15(21)8-12)9-10-2-3-14(19)13(18)6-10/h2-3,6-8,21H,4-5,9H2,1H3. The largest absolute Gasteiger partial charge is 0.507 e. The van der Waals surface area contributed by atoms with Gasteiger partial charge in [-0.25, -0.2) is 4.39 Å². The number of fused-ring (bicyclic) bond motifs is 1. The molecule has 1 N–H and O–H groups in total. The predicted molar refractivity (Wildman–Crippen MR) is 84.5 cm³/mol. The molecular weight excluding hydrogens is 321 g/mol. The Labute approximate surface area is 138 Å². The molecule has 23 heavy (non-hydrogen) atoms. The molecule has 1 aliphatic heterocycles. The molecule has 0 atom stereocenters. The lowest BCUT2D eigenvalue weighted by Gasteiger charge is -2.29. The molecule has 4 nitrogen and oxygen atoms in total. The quantitative estimate of drug-likeness (QED) is 0.935. The van der Waals surface area contributed by atoms with Gasteiger partial charge < -0.3 is 14.7 Å². The molecule has 0 unspecified atom stereocenters. The van der Waals surface area contributed by atoms with Crippen LogP contribution in [0.25, 0.3) is 0 Å². The van der Waals surface area contributed by atoms with Crippen LogP contribution in [0.4, 0.5) is 4.39 Å². The third-order valence-corrected chi connectivity index (χ3v) is 4.21. The number of carbonyl (C=O) groups excluding carboxylic acids is 1. The minimum Gasteiger partial charge on any atom is -0.507 e. The number of methoxy groups -OCH3 is 1. The molecule has 0 bridgehead atoms. The van der Waals surface area contributed by atoms with Gasteiger partial charge in [0.15, 0.2) is 0 Å². The zero-order chi connectivity index (χ0) is 16.6. The van der Waals surface area contributed by atoms with Crippen molar-refractivity contribution in [1.29, 1.82) is 0 Å². The SMILES string of the molecule is COc1cc(O)c2c(c1)CCN(Cc1ccc(F)c(Cl)c1)C2=O. The maximum atomic E-state index is 13.2. The Hall–Kier alpha value is -2.27. The van der Waals surface area contributed by atoms with Crippen LogP contribution in [0.15, 0.2) is 30.3 Å². The Balaban J connectivity index is 1.87. The van der Waals surface area contributed by atoms with Crippen molar-refractivity contribution < 1.29 is 19.0 Å². The average Bonchev–Trinajstić information content (AvgIpc) is 2.53. The molecule has 1 aliphatic rings. The molecule has 6 heteroatoms. The van der Waals surface area contributed by atoms with E-state index in [1.165, 1.54) is 25.3 Å². The Morgan fingerprint density at radius 2 is 2.13 bits per heavy atom. The van der Waals surface area contributed by atoms with Gasteiger partial charge in [-0.2, -0.15) is 0 Å². The number of rotatable bonds is 3. The summed E-state index contributed by atoms with van der Waals surface area (Å²) in [5.41, 5.74) is 1.80. The minimum atomic E-state index is -0.490. The Morgan fingerprint density at radius 3 is 2.83 bits per heavy atom. The van der Waals surface area contributed by atoms with Crippen LogP contribution in [0.3, 0.4) is 0 Å². The summed E-state index contributed by atoms with van der Waals surface area (Å²) in [4.78, 5) is 14.2. The summed E-state index contributed by atoms with van der Waals surface area (Å²) in [7, 11) is 1.51. The number of hydrogen-bond donors (Lipinski definition) is 1. The number of aromatic hydroxyl groups is 1. The van der Waals surface area contributed by atoms with E-state index in [1.54, 1.807) is 17.0 Å². The normalized spacial score (nSPS) is 13.9. The maximum Gasteiger partial charge on any atom is 0.258 e. The van der Waals surface area contributed by atoms with E-state index in [9.17, 15) is 14.3 Å². The van der Waals surface area contributed by atoms with Gasteiger partial charge >= 0.3 is 0 Å². The molecule has 0 spiro atoms. The smallest absolute Gasteiger partial charge is 0.258 e. The summed E-state index contributed by atoms with van der Waals surface area (Å²) in [6.45, 7) is 0.817. The Bertz CT molecular complexity index is 779. The fraction of sp³-hybridized carbons (Fsp3) is 0.235. The predicted octanol–water partition coefficient (Wildman–Crippen LogP) is 3.39. The highest BCUT2D eigenvalue weighted by atomic mass is 35.5. The number of phenols is 1. The van der Waals surface area contributed by atoms with E-state index in [4.69, 9.17) is 16.3 Å². The third kappa shape index (κ3) is 2.97. The molecule has 1 amide bonds. The first-order valence-corrected chi connectivity index (χ1v) is 7.50. The highest BCUT2D eigenvalue weighted by Gasteiger charge is 2.28. The summed E-state index contributed by atoms with van der Waals surface area (Å²) in [5, 5.41) is 10.1. The van der Waals surface area contributed by atoms with Gasteiger partial charge in [-0.3, -0.25) is 4.79 Å². The van der Waals surface area contributed by atoms with E-state index >= 15 is 0 Å². The van der Waals surface area contributed by atoms with Crippen molar-refractivity contribution in [1.82, 2.24) is 4.90 Å². The summed E-state index contributed by atoms with van der Waals surface area (Å²) in [6, 6.07) is 7.57. The molecule has 0 radical (unpaired) electrons. The van der Waals surface area contributed by atoms with Crippen molar-refractivity contribution in [3.63, 3.8) is 0 Å². The molecule has 0 saturated carbocycles. The molecule has 2 aromatic carbocycles. The minimum absolute atomic E-state index is 0.0277. The average molecular weight is 336 g/mol. The van der Waals surface area contributed by atoms with Crippen LogP contribution in [0.5, 0.6) is 11.5 Å². The van der Waals surface area contributed by atoms with Gasteiger partial charge in [0.2, 0.25) is 0 Å². The lowest BCUT2D eigenvalue weighted by atomic mass is 9.97. The van der Waals surface area contributed by atoms with Crippen LogP contribution in [-0.2, 0) is 13.0 Å². The van der Waals surface area contributed by atoms with Gasteiger partial charge in [0, 0.05) is 19.2 Å². The Kier molecular flexibility index (Phi) is 4.13. The summed E-state index contributed by atoms with van der Waals surface area (Å²) in [6.07, 6.45) is 0.612. The maximum absolute atomic E-state index is 13.2. The molecule has 0 fully saturated rings. The van der Waals surface area contributed by atoms with Gasteiger partial charge in [-0.15, -0.1) is 0 Å². The van der Waals surface area contributed by atoms with Gasteiger partial charge in [-0.1, -0.05) is 17.7 Å². The van der Waals surface area contributed by atoms with Crippen LogP contribution >= 0.6 is 11.6 Å². The van der Waals surface area contributed by atoms with E-state index in [1.807, 2.05) is 0 Å². The molecule has 1 heterocycles. The summed E-state index contributed by atoms with van der Waals surface area (Å²) < 4.78 is 18.3. The first kappa shape index (κ1) is 15.6. The van der Waals surface area contributed by atoms with Gasteiger partial charge in [0.25, 0.3) is 5.91 Å². The van der Waals surface area contributed by atoms with Crippen molar-refractivity contribution in [3.05, 3.63) is 57.9 Å². The first-order chi connectivity index (χ1) is 11.0. The van der Waals surface area contributed by atoms with Gasteiger partial charge in [0.05, 0.1) is 17.7 Å². The Morgan fingerprint density at radius 1 is 1.35 bits per heavy atom. The van der Waals surface area contributed by atoms with E-state index in [0.717, 1.165) is 11.1 Å². The fourth-order valence-electron chi connectivity index (χ4n) is 2.74.